The standard InChI is InChI=1S/C27H35N5O3S/c1-14-11-22(29-15(2)16-3-4-16)28-13-21(14)24-23(27(35)32-18-6-7-19(32)9-8-18)31-26(36-24)25(34)30-17-5-10-20(33)12-17/h11,13,15-20,33H,3-10,12H2,1-2H3,(H,28,29)(H,30,34)/t15-,17-,18?,19?,20+/m1/s1. The zero-order chi connectivity index (χ0) is 25.0. The molecule has 4 aliphatic rings. The van der Waals surface area contributed by atoms with Crippen molar-refractivity contribution in [1.82, 2.24) is 20.2 Å². The fraction of sp³-hybridized carbons (Fsp3) is 0.630. The van der Waals surface area contributed by atoms with Gasteiger partial charge in [0.1, 0.15) is 11.5 Å². The number of anilines is 1. The summed E-state index contributed by atoms with van der Waals surface area (Å²) in [6.07, 6.45) is 10.2. The van der Waals surface area contributed by atoms with Crippen LogP contribution in [0.5, 0.6) is 0 Å². The number of nitrogens with zero attached hydrogens (tertiary/aromatic N) is 3. The third-order valence-corrected chi connectivity index (χ3v) is 9.60. The normalized spacial score (nSPS) is 27.9. The average molecular weight is 510 g/mol. The summed E-state index contributed by atoms with van der Waals surface area (Å²) < 4.78 is 0. The smallest absolute Gasteiger partial charge is 0.280 e. The van der Waals surface area contributed by atoms with Gasteiger partial charge < -0.3 is 20.6 Å². The SMILES string of the molecule is Cc1cc(N[C@H](C)C2CC2)ncc1-c1sc(C(=O)N[C@@H]2CC[C@H](O)C2)nc1C(=O)N1C2CCC1CC2. The van der Waals surface area contributed by atoms with Crippen LogP contribution in [0.2, 0.25) is 0 Å². The lowest BCUT2D eigenvalue weighted by Crippen LogP contribution is -2.36. The van der Waals surface area contributed by atoms with Crippen LogP contribution in [0.25, 0.3) is 10.4 Å². The van der Waals surface area contributed by atoms with Crippen molar-refractivity contribution in [2.75, 3.05) is 5.32 Å². The molecule has 9 heteroatoms. The highest BCUT2D eigenvalue weighted by molar-refractivity contribution is 7.17. The first-order valence-corrected chi connectivity index (χ1v) is 14.2. The summed E-state index contributed by atoms with van der Waals surface area (Å²) in [5, 5.41) is 16.7. The summed E-state index contributed by atoms with van der Waals surface area (Å²) in [7, 11) is 0. The molecule has 0 unspecified atom stereocenters. The molecule has 2 bridgehead atoms. The van der Waals surface area contributed by atoms with E-state index in [0.29, 0.717) is 29.6 Å². The number of rotatable bonds is 7. The van der Waals surface area contributed by atoms with E-state index >= 15 is 0 Å². The highest BCUT2D eigenvalue weighted by atomic mass is 32.1. The number of aromatic nitrogens is 2. The number of fused-ring (bicyclic) bond motifs is 2. The van der Waals surface area contributed by atoms with Crippen molar-refractivity contribution in [3.8, 4) is 10.4 Å². The van der Waals surface area contributed by atoms with Crippen molar-refractivity contribution in [3.05, 3.63) is 28.5 Å². The quantitative estimate of drug-likeness (QED) is 0.518. The molecule has 2 aliphatic carbocycles. The van der Waals surface area contributed by atoms with Crippen molar-refractivity contribution >= 4 is 29.0 Å². The number of pyridine rings is 1. The Balaban J connectivity index is 1.31. The number of nitrogens with one attached hydrogen (secondary N) is 2. The number of hydrogen-bond acceptors (Lipinski definition) is 7. The van der Waals surface area contributed by atoms with Gasteiger partial charge in [0.2, 0.25) is 0 Å². The molecule has 4 fully saturated rings. The second kappa shape index (κ2) is 9.41. The van der Waals surface area contributed by atoms with Gasteiger partial charge in [0.15, 0.2) is 5.01 Å². The number of aliphatic hydroxyl groups is 1. The lowest BCUT2D eigenvalue weighted by molar-refractivity contribution is 0.0725. The minimum Gasteiger partial charge on any atom is -0.393 e. The number of thiazole rings is 1. The minimum absolute atomic E-state index is 0.0596. The topological polar surface area (TPSA) is 107 Å². The molecule has 3 N–H and O–H groups in total. The van der Waals surface area contributed by atoms with E-state index in [4.69, 9.17) is 0 Å². The zero-order valence-electron chi connectivity index (χ0n) is 21.0. The Morgan fingerprint density at radius 1 is 1.11 bits per heavy atom. The van der Waals surface area contributed by atoms with Gasteiger partial charge in [-0.05, 0) is 89.2 Å². The lowest BCUT2D eigenvalue weighted by Gasteiger charge is -2.21. The van der Waals surface area contributed by atoms with E-state index in [1.165, 1.54) is 24.2 Å². The zero-order valence-corrected chi connectivity index (χ0v) is 21.8. The van der Waals surface area contributed by atoms with E-state index < -0.39 is 0 Å². The van der Waals surface area contributed by atoms with Crippen LogP contribution >= 0.6 is 11.3 Å². The van der Waals surface area contributed by atoms with E-state index in [0.717, 1.165) is 59.8 Å². The Bertz CT molecular complexity index is 1160. The van der Waals surface area contributed by atoms with Gasteiger partial charge in [-0.1, -0.05) is 0 Å². The lowest BCUT2D eigenvalue weighted by atomic mass is 10.0. The van der Waals surface area contributed by atoms with E-state index in [1.54, 1.807) is 0 Å². The van der Waals surface area contributed by atoms with Crippen LogP contribution in [-0.4, -0.2) is 62.1 Å². The second-order valence-electron chi connectivity index (χ2n) is 11.2. The van der Waals surface area contributed by atoms with Gasteiger partial charge >= 0.3 is 0 Å². The molecular weight excluding hydrogens is 474 g/mol. The highest BCUT2D eigenvalue weighted by Gasteiger charge is 2.44. The number of aryl methyl sites for hydroxylation is 1. The Morgan fingerprint density at radius 3 is 2.44 bits per heavy atom. The van der Waals surface area contributed by atoms with Gasteiger partial charge in [-0.2, -0.15) is 0 Å². The van der Waals surface area contributed by atoms with Crippen molar-refractivity contribution in [2.24, 2.45) is 5.92 Å². The molecule has 8 nitrogen and oxygen atoms in total. The molecule has 2 saturated heterocycles. The first kappa shape index (κ1) is 23.9. The van der Waals surface area contributed by atoms with Crippen LogP contribution in [-0.2, 0) is 0 Å². The molecule has 2 aliphatic heterocycles. The molecule has 0 aromatic carbocycles. The fourth-order valence-electron chi connectivity index (χ4n) is 6.27. The second-order valence-corrected chi connectivity index (χ2v) is 12.2. The Labute approximate surface area is 215 Å². The molecule has 36 heavy (non-hydrogen) atoms. The van der Waals surface area contributed by atoms with Gasteiger partial charge in [-0.25, -0.2) is 9.97 Å². The van der Waals surface area contributed by atoms with Crippen molar-refractivity contribution < 1.29 is 14.7 Å². The summed E-state index contributed by atoms with van der Waals surface area (Å²) in [6.45, 7) is 4.22. The van der Waals surface area contributed by atoms with E-state index in [2.05, 4.69) is 27.5 Å². The average Bonchev–Trinajstić information content (AvgIpc) is 3.16. The molecule has 3 atom stereocenters. The molecule has 2 saturated carbocycles. The van der Waals surface area contributed by atoms with Crippen molar-refractivity contribution in [1.29, 1.82) is 0 Å². The summed E-state index contributed by atoms with van der Waals surface area (Å²) in [5.74, 6) is 1.22. The van der Waals surface area contributed by atoms with Crippen LogP contribution in [0.15, 0.2) is 12.3 Å². The number of aliphatic hydroxyl groups excluding tert-OH is 1. The monoisotopic (exact) mass is 509 g/mol. The maximum atomic E-state index is 13.8. The Morgan fingerprint density at radius 2 is 1.83 bits per heavy atom. The molecule has 6 rings (SSSR count). The molecule has 2 aromatic rings. The summed E-state index contributed by atoms with van der Waals surface area (Å²) >= 11 is 1.27. The molecule has 4 heterocycles. The van der Waals surface area contributed by atoms with Crippen LogP contribution in [0.4, 0.5) is 5.82 Å². The van der Waals surface area contributed by atoms with Crippen molar-refractivity contribution in [3.63, 3.8) is 0 Å². The Hall–Kier alpha value is -2.52. The molecule has 192 valence electrons. The van der Waals surface area contributed by atoms with Crippen molar-refractivity contribution in [2.45, 2.75) is 102 Å². The number of amides is 2. The van der Waals surface area contributed by atoms with E-state index in [-0.39, 0.29) is 36.0 Å². The summed E-state index contributed by atoms with van der Waals surface area (Å²) in [4.78, 5) is 39.0. The van der Waals surface area contributed by atoms with Crippen LogP contribution in [0.3, 0.4) is 0 Å². The molecule has 2 amide bonds. The van der Waals surface area contributed by atoms with Gasteiger partial charge in [-0.3, -0.25) is 9.59 Å². The molecule has 2 aromatic heterocycles. The highest BCUT2D eigenvalue weighted by Crippen LogP contribution is 2.41. The summed E-state index contributed by atoms with van der Waals surface area (Å²) in [6, 6.07) is 2.92. The molecule has 0 radical (unpaired) electrons. The van der Waals surface area contributed by atoms with Gasteiger partial charge in [0.05, 0.1) is 11.0 Å². The largest absolute Gasteiger partial charge is 0.393 e. The number of carbonyl (C=O) groups excluding carboxylic acids is 2. The summed E-state index contributed by atoms with van der Waals surface area (Å²) in [5.41, 5.74) is 2.22. The van der Waals surface area contributed by atoms with Crippen LogP contribution in [0, 0.1) is 12.8 Å². The predicted molar refractivity (Wildman–Crippen MR) is 139 cm³/mol. The van der Waals surface area contributed by atoms with Gasteiger partial charge in [-0.15, -0.1) is 11.3 Å². The molecule has 0 spiro atoms. The van der Waals surface area contributed by atoms with E-state index in [1.807, 2.05) is 24.1 Å². The number of hydrogen-bond donors (Lipinski definition) is 3. The maximum absolute atomic E-state index is 13.8. The minimum atomic E-state index is -0.367. The first-order chi connectivity index (χ1) is 17.4. The Kier molecular flexibility index (Phi) is 6.24. The third-order valence-electron chi connectivity index (χ3n) is 8.51. The van der Waals surface area contributed by atoms with Crippen LogP contribution in [0.1, 0.15) is 90.6 Å². The molecular formula is C27H35N5O3S. The van der Waals surface area contributed by atoms with E-state index in [9.17, 15) is 14.7 Å². The number of carbonyl (C=O) groups is 2. The third kappa shape index (κ3) is 4.52. The first-order valence-electron chi connectivity index (χ1n) is 13.4. The maximum Gasteiger partial charge on any atom is 0.280 e. The van der Waals surface area contributed by atoms with Gasteiger partial charge in [0, 0.05) is 35.9 Å². The van der Waals surface area contributed by atoms with Crippen LogP contribution < -0.4 is 10.6 Å². The predicted octanol–water partition coefficient (Wildman–Crippen LogP) is 4.13. The van der Waals surface area contributed by atoms with Gasteiger partial charge in [0.25, 0.3) is 11.8 Å². The fourth-order valence-corrected chi connectivity index (χ4v) is 7.30.